The van der Waals surface area contributed by atoms with E-state index < -0.39 is 0 Å². The molecule has 0 unspecified atom stereocenters. The van der Waals surface area contributed by atoms with Gasteiger partial charge < -0.3 is 20.1 Å². The van der Waals surface area contributed by atoms with Crippen molar-refractivity contribution < 1.29 is 14.4 Å². The Balaban J connectivity index is 1.78. The van der Waals surface area contributed by atoms with Crippen LogP contribution in [0.1, 0.15) is 17.0 Å². The molecule has 3 N–H and O–H groups in total. The number of rotatable bonds is 6. The first-order valence-electron chi connectivity index (χ1n) is 6.37. The van der Waals surface area contributed by atoms with Crippen LogP contribution in [0.25, 0.3) is 0 Å². The molecule has 0 aliphatic rings. The number of thioether (sulfide) groups is 1. The zero-order valence-corrected chi connectivity index (χ0v) is 12.7. The molecule has 2 aromatic rings. The van der Waals surface area contributed by atoms with Crippen LogP contribution in [0.4, 0.5) is 0 Å². The molecule has 7 heteroatoms. The molecule has 112 valence electrons. The Bertz CT molecular complexity index is 603. The summed E-state index contributed by atoms with van der Waals surface area (Å²) in [5.41, 5.74) is 7.04. The van der Waals surface area contributed by atoms with E-state index in [2.05, 4.69) is 10.1 Å². The molecule has 1 heterocycles. The largest absolute Gasteiger partial charge is 0.493 e. The van der Waals surface area contributed by atoms with E-state index in [0.29, 0.717) is 17.4 Å². The zero-order valence-electron chi connectivity index (χ0n) is 11.9. The highest BCUT2D eigenvalue weighted by atomic mass is 32.2. The second-order valence-corrected chi connectivity index (χ2v) is 5.37. The maximum atomic E-state index is 8.57. The van der Waals surface area contributed by atoms with Crippen molar-refractivity contribution in [1.29, 1.82) is 0 Å². The molecular formula is C14H17N3O3S. The fraction of sp³-hybridized carbons (Fsp3) is 0.286. The van der Waals surface area contributed by atoms with E-state index in [1.165, 1.54) is 11.8 Å². The van der Waals surface area contributed by atoms with Gasteiger partial charge in [0.1, 0.15) is 11.5 Å². The number of aromatic nitrogens is 1. The highest BCUT2D eigenvalue weighted by molar-refractivity contribution is 7.99. The second-order valence-electron chi connectivity index (χ2n) is 4.33. The van der Waals surface area contributed by atoms with E-state index in [9.17, 15) is 0 Å². The molecule has 0 spiro atoms. The smallest absolute Gasteiger partial charge is 0.256 e. The number of hydrogen-bond acceptors (Lipinski definition) is 6. The number of nitrogens with zero attached hydrogens (tertiary/aromatic N) is 2. The highest BCUT2D eigenvalue weighted by Gasteiger charge is 2.06. The molecular weight excluding hydrogens is 290 g/mol. The van der Waals surface area contributed by atoms with Crippen molar-refractivity contribution in [2.45, 2.75) is 19.1 Å². The zero-order chi connectivity index (χ0) is 15.2. The summed E-state index contributed by atoms with van der Waals surface area (Å²) in [7, 11) is 0. The molecule has 0 bridgehead atoms. The Hall–Kier alpha value is -2.15. The number of oxazole rings is 1. The Kier molecular flexibility index (Phi) is 5.10. The molecule has 0 fully saturated rings. The van der Waals surface area contributed by atoms with Gasteiger partial charge in [-0.05, 0) is 38.1 Å². The summed E-state index contributed by atoms with van der Waals surface area (Å²) in [6.07, 6.45) is 0. The number of benzene rings is 1. The average Bonchev–Trinajstić information content (AvgIpc) is 2.82. The quantitative estimate of drug-likeness (QED) is 0.213. The van der Waals surface area contributed by atoms with Gasteiger partial charge in [0, 0.05) is 11.3 Å². The summed E-state index contributed by atoms with van der Waals surface area (Å²) in [6, 6.07) is 7.02. The third-order valence-electron chi connectivity index (χ3n) is 2.84. The van der Waals surface area contributed by atoms with Gasteiger partial charge >= 0.3 is 0 Å². The molecule has 0 saturated carbocycles. The summed E-state index contributed by atoms with van der Waals surface area (Å²) in [5.74, 6) is 2.38. The lowest BCUT2D eigenvalue weighted by atomic mass is 10.2. The SMILES string of the molecule is Cc1nc(SCCOc2ccc(/C(N)=N/O)cc2)oc1C. The molecule has 1 aromatic heterocycles. The molecule has 1 aromatic carbocycles. The molecule has 0 radical (unpaired) electrons. The number of amidine groups is 1. The van der Waals surface area contributed by atoms with Crippen LogP contribution >= 0.6 is 11.8 Å². The van der Waals surface area contributed by atoms with Crippen LogP contribution in [0.2, 0.25) is 0 Å². The van der Waals surface area contributed by atoms with Crippen LogP contribution in [0.15, 0.2) is 39.1 Å². The van der Waals surface area contributed by atoms with Gasteiger partial charge in [-0.15, -0.1) is 0 Å². The van der Waals surface area contributed by atoms with Crippen molar-refractivity contribution in [3.63, 3.8) is 0 Å². The van der Waals surface area contributed by atoms with Crippen LogP contribution in [0.5, 0.6) is 5.75 Å². The lowest BCUT2D eigenvalue weighted by Gasteiger charge is -2.05. The first-order chi connectivity index (χ1) is 10.1. The molecule has 0 atom stereocenters. The minimum absolute atomic E-state index is 0.0757. The van der Waals surface area contributed by atoms with Crippen molar-refractivity contribution >= 4 is 17.6 Å². The van der Waals surface area contributed by atoms with Crippen LogP contribution in [-0.2, 0) is 0 Å². The fourth-order valence-corrected chi connectivity index (χ4v) is 2.30. The summed E-state index contributed by atoms with van der Waals surface area (Å²) < 4.78 is 11.1. The van der Waals surface area contributed by atoms with Crippen LogP contribution in [0, 0.1) is 13.8 Å². The minimum Gasteiger partial charge on any atom is -0.493 e. The highest BCUT2D eigenvalue weighted by Crippen LogP contribution is 2.20. The number of hydrogen-bond donors (Lipinski definition) is 2. The van der Waals surface area contributed by atoms with Gasteiger partial charge in [0.05, 0.1) is 12.3 Å². The van der Waals surface area contributed by atoms with Gasteiger partial charge in [-0.25, -0.2) is 4.98 Å². The number of aryl methyl sites for hydroxylation is 2. The van der Waals surface area contributed by atoms with Crippen molar-refractivity contribution in [3.05, 3.63) is 41.3 Å². The first kappa shape index (κ1) is 15.2. The van der Waals surface area contributed by atoms with Gasteiger partial charge in [0.2, 0.25) is 0 Å². The predicted molar refractivity (Wildman–Crippen MR) is 81.1 cm³/mol. The molecule has 0 aliphatic carbocycles. The van der Waals surface area contributed by atoms with Crippen LogP contribution in [-0.4, -0.2) is 28.4 Å². The molecule has 0 amide bonds. The maximum Gasteiger partial charge on any atom is 0.256 e. The van der Waals surface area contributed by atoms with Crippen molar-refractivity contribution in [1.82, 2.24) is 4.98 Å². The van der Waals surface area contributed by atoms with Gasteiger partial charge in [-0.2, -0.15) is 0 Å². The van der Waals surface area contributed by atoms with Crippen molar-refractivity contribution in [2.24, 2.45) is 10.9 Å². The van der Waals surface area contributed by atoms with Crippen molar-refractivity contribution in [3.8, 4) is 5.75 Å². The Morgan fingerprint density at radius 1 is 1.38 bits per heavy atom. The van der Waals surface area contributed by atoms with Gasteiger partial charge in [0.15, 0.2) is 5.84 Å². The Labute approximate surface area is 127 Å². The number of ether oxygens (including phenoxy) is 1. The minimum atomic E-state index is 0.0757. The average molecular weight is 307 g/mol. The monoisotopic (exact) mass is 307 g/mol. The topological polar surface area (TPSA) is 93.9 Å². The lowest BCUT2D eigenvalue weighted by Crippen LogP contribution is -2.12. The van der Waals surface area contributed by atoms with E-state index in [4.69, 9.17) is 20.1 Å². The van der Waals surface area contributed by atoms with E-state index in [1.54, 1.807) is 24.3 Å². The standard InChI is InChI=1S/C14H17N3O3S/c1-9-10(2)20-14(16-9)21-8-7-19-12-5-3-11(4-6-12)13(15)17-18/h3-6,18H,7-8H2,1-2H3,(H2,15,17). The molecule has 0 saturated heterocycles. The molecule has 6 nitrogen and oxygen atoms in total. The normalized spacial score (nSPS) is 11.6. The Morgan fingerprint density at radius 2 is 2.10 bits per heavy atom. The predicted octanol–water partition coefficient (Wildman–Crippen LogP) is 2.56. The second kappa shape index (κ2) is 7.03. The van der Waals surface area contributed by atoms with Crippen molar-refractivity contribution in [2.75, 3.05) is 12.4 Å². The van der Waals surface area contributed by atoms with E-state index in [1.807, 2.05) is 13.8 Å². The van der Waals surface area contributed by atoms with Gasteiger partial charge in [0.25, 0.3) is 5.22 Å². The third kappa shape index (κ3) is 4.16. The van der Waals surface area contributed by atoms with Crippen LogP contribution in [0.3, 0.4) is 0 Å². The number of nitrogens with two attached hydrogens (primary N) is 1. The third-order valence-corrected chi connectivity index (χ3v) is 3.64. The Morgan fingerprint density at radius 3 is 2.67 bits per heavy atom. The van der Waals surface area contributed by atoms with Gasteiger partial charge in [-0.3, -0.25) is 0 Å². The maximum absolute atomic E-state index is 8.57. The van der Waals surface area contributed by atoms with E-state index >= 15 is 0 Å². The van der Waals surface area contributed by atoms with Crippen LogP contribution < -0.4 is 10.5 Å². The summed E-state index contributed by atoms with van der Waals surface area (Å²) >= 11 is 1.51. The number of oxime groups is 1. The summed E-state index contributed by atoms with van der Waals surface area (Å²) in [5, 5.41) is 12.2. The first-order valence-corrected chi connectivity index (χ1v) is 7.36. The van der Waals surface area contributed by atoms with E-state index in [0.717, 1.165) is 23.0 Å². The molecule has 0 aliphatic heterocycles. The summed E-state index contributed by atoms with van der Waals surface area (Å²) in [6.45, 7) is 4.35. The van der Waals surface area contributed by atoms with E-state index in [-0.39, 0.29) is 5.84 Å². The fourth-order valence-electron chi connectivity index (χ4n) is 1.57. The lowest BCUT2D eigenvalue weighted by molar-refractivity contribution is 0.318. The van der Waals surface area contributed by atoms with Gasteiger partial charge in [-0.1, -0.05) is 16.9 Å². The molecule has 2 rings (SSSR count). The summed E-state index contributed by atoms with van der Waals surface area (Å²) in [4.78, 5) is 4.29. The molecule has 21 heavy (non-hydrogen) atoms.